The standard InChI is InChI=1S/C28H28N4O3S/c1-19-8-10-21(11-9-19)26-20(2)16-22(17-29)27(31-26)36-18-25(33)35-24-12-14-32(15-13-24)28(34)30-23-6-4-3-5-7-23/h3-11,16,24H,12-15,18H2,1-2H3,(H,30,34). The monoisotopic (exact) mass is 500 g/mol. The number of esters is 1. The van der Waals surface area contributed by atoms with Gasteiger partial charge in [-0.25, -0.2) is 9.78 Å². The Morgan fingerprint density at radius 1 is 1.11 bits per heavy atom. The number of carbonyl (C=O) groups excluding carboxylic acids is 2. The van der Waals surface area contributed by atoms with Crippen molar-refractivity contribution in [3.05, 3.63) is 77.4 Å². The maximum Gasteiger partial charge on any atom is 0.321 e. The lowest BCUT2D eigenvalue weighted by Gasteiger charge is -2.31. The summed E-state index contributed by atoms with van der Waals surface area (Å²) in [6, 6.07) is 21.2. The van der Waals surface area contributed by atoms with E-state index in [9.17, 15) is 14.9 Å². The summed E-state index contributed by atoms with van der Waals surface area (Å²) in [5, 5.41) is 13.0. The number of rotatable bonds is 6. The molecule has 1 saturated heterocycles. The van der Waals surface area contributed by atoms with Crippen molar-refractivity contribution in [2.45, 2.75) is 37.8 Å². The number of nitrogens with one attached hydrogen (secondary N) is 1. The predicted molar refractivity (Wildman–Crippen MR) is 141 cm³/mol. The van der Waals surface area contributed by atoms with Crippen molar-refractivity contribution in [2.75, 3.05) is 24.2 Å². The molecule has 1 N–H and O–H groups in total. The average Bonchev–Trinajstić information content (AvgIpc) is 2.89. The van der Waals surface area contributed by atoms with Crippen LogP contribution in [0.25, 0.3) is 11.3 Å². The number of benzene rings is 2. The Labute approximate surface area is 215 Å². The molecule has 2 aromatic carbocycles. The molecule has 1 aliphatic rings. The minimum absolute atomic E-state index is 0.0623. The largest absolute Gasteiger partial charge is 0.462 e. The Morgan fingerprint density at radius 2 is 1.81 bits per heavy atom. The molecule has 0 unspecified atom stereocenters. The number of thioether (sulfide) groups is 1. The van der Waals surface area contributed by atoms with Gasteiger partial charge in [0.25, 0.3) is 0 Å². The van der Waals surface area contributed by atoms with E-state index >= 15 is 0 Å². The molecule has 0 saturated carbocycles. The highest BCUT2D eigenvalue weighted by molar-refractivity contribution is 7.99. The predicted octanol–water partition coefficient (Wildman–Crippen LogP) is 5.57. The van der Waals surface area contributed by atoms with Crippen LogP contribution in [-0.2, 0) is 9.53 Å². The number of anilines is 1. The highest BCUT2D eigenvalue weighted by atomic mass is 32.2. The fourth-order valence-electron chi connectivity index (χ4n) is 4.04. The number of ether oxygens (including phenoxy) is 1. The van der Waals surface area contributed by atoms with E-state index in [4.69, 9.17) is 9.72 Å². The van der Waals surface area contributed by atoms with Crippen molar-refractivity contribution in [1.82, 2.24) is 9.88 Å². The molecule has 0 spiro atoms. The van der Waals surface area contributed by atoms with Gasteiger partial charge in [-0.1, -0.05) is 59.8 Å². The third-order valence-electron chi connectivity index (χ3n) is 6.00. The van der Waals surface area contributed by atoms with Gasteiger partial charge in [0.15, 0.2) is 0 Å². The molecule has 1 aromatic heterocycles. The fraction of sp³-hybridized carbons (Fsp3) is 0.286. The summed E-state index contributed by atoms with van der Waals surface area (Å²) < 4.78 is 5.66. The second-order valence-electron chi connectivity index (χ2n) is 8.75. The van der Waals surface area contributed by atoms with Crippen LogP contribution in [0.4, 0.5) is 10.5 Å². The number of carbonyl (C=O) groups is 2. The van der Waals surface area contributed by atoms with Gasteiger partial charge in [0, 0.05) is 37.2 Å². The minimum Gasteiger partial charge on any atom is -0.462 e. The van der Waals surface area contributed by atoms with Crippen LogP contribution in [0.5, 0.6) is 0 Å². The molecule has 2 heterocycles. The van der Waals surface area contributed by atoms with E-state index in [0.29, 0.717) is 36.5 Å². The van der Waals surface area contributed by atoms with Gasteiger partial charge in [-0.3, -0.25) is 4.79 Å². The number of urea groups is 1. The molecule has 0 radical (unpaired) electrons. The number of pyridine rings is 1. The van der Waals surface area contributed by atoms with E-state index in [2.05, 4.69) is 11.4 Å². The molecule has 0 bridgehead atoms. The Morgan fingerprint density at radius 3 is 2.47 bits per heavy atom. The molecule has 1 fully saturated rings. The Kier molecular flexibility index (Phi) is 8.24. The van der Waals surface area contributed by atoms with Gasteiger partial charge in [-0.05, 0) is 37.6 Å². The molecular formula is C28H28N4O3S. The lowest BCUT2D eigenvalue weighted by Crippen LogP contribution is -2.43. The van der Waals surface area contributed by atoms with E-state index in [0.717, 1.165) is 28.1 Å². The van der Waals surface area contributed by atoms with Gasteiger partial charge in [-0.2, -0.15) is 5.26 Å². The van der Waals surface area contributed by atoms with Crippen LogP contribution in [0.3, 0.4) is 0 Å². The molecule has 8 heteroatoms. The van der Waals surface area contributed by atoms with E-state index in [1.165, 1.54) is 11.8 Å². The number of likely N-dealkylation sites (tertiary alicyclic amines) is 1. The van der Waals surface area contributed by atoms with Crippen LogP contribution in [0.15, 0.2) is 65.7 Å². The summed E-state index contributed by atoms with van der Waals surface area (Å²) in [7, 11) is 0. The summed E-state index contributed by atoms with van der Waals surface area (Å²) in [5.74, 6) is -0.289. The van der Waals surface area contributed by atoms with E-state index in [1.54, 1.807) is 4.90 Å². The number of nitrogens with zero attached hydrogens (tertiary/aromatic N) is 3. The van der Waals surface area contributed by atoms with Crippen molar-refractivity contribution >= 4 is 29.4 Å². The zero-order valence-electron chi connectivity index (χ0n) is 20.4. The van der Waals surface area contributed by atoms with Gasteiger partial charge in [0.05, 0.1) is 17.0 Å². The topological polar surface area (TPSA) is 95.3 Å². The van der Waals surface area contributed by atoms with Crippen LogP contribution in [0.1, 0.15) is 29.5 Å². The van der Waals surface area contributed by atoms with Gasteiger partial charge in [-0.15, -0.1) is 0 Å². The summed E-state index contributed by atoms with van der Waals surface area (Å²) in [5.41, 5.74) is 5.02. The molecule has 7 nitrogen and oxygen atoms in total. The van der Waals surface area contributed by atoms with Gasteiger partial charge in [0.1, 0.15) is 17.2 Å². The molecule has 0 atom stereocenters. The first-order chi connectivity index (χ1) is 17.4. The number of hydrogen-bond donors (Lipinski definition) is 1. The SMILES string of the molecule is Cc1ccc(-c2nc(SCC(=O)OC3CCN(C(=O)Nc4ccccc4)CC3)c(C#N)cc2C)cc1. The van der Waals surface area contributed by atoms with Crippen molar-refractivity contribution < 1.29 is 14.3 Å². The lowest BCUT2D eigenvalue weighted by atomic mass is 10.0. The van der Waals surface area contributed by atoms with Crippen LogP contribution in [-0.4, -0.2) is 46.8 Å². The average molecular weight is 501 g/mol. The number of para-hydroxylation sites is 1. The lowest BCUT2D eigenvalue weighted by molar-refractivity contribution is -0.147. The smallest absolute Gasteiger partial charge is 0.321 e. The van der Waals surface area contributed by atoms with Crippen LogP contribution < -0.4 is 5.32 Å². The summed E-state index contributed by atoms with van der Waals surface area (Å²) in [6.45, 7) is 4.99. The van der Waals surface area contributed by atoms with Gasteiger partial charge < -0.3 is 15.0 Å². The normalized spacial score (nSPS) is 13.6. The Hall–Kier alpha value is -3.83. The molecule has 36 heavy (non-hydrogen) atoms. The summed E-state index contributed by atoms with van der Waals surface area (Å²) in [4.78, 5) is 31.4. The zero-order chi connectivity index (χ0) is 25.5. The fourth-order valence-corrected chi connectivity index (χ4v) is 4.78. The number of aromatic nitrogens is 1. The van der Waals surface area contributed by atoms with Crippen molar-refractivity contribution in [2.24, 2.45) is 0 Å². The molecule has 1 aliphatic heterocycles. The first-order valence-electron chi connectivity index (χ1n) is 11.8. The maximum absolute atomic E-state index is 12.6. The maximum atomic E-state index is 12.6. The third-order valence-corrected chi connectivity index (χ3v) is 6.97. The van der Waals surface area contributed by atoms with Crippen LogP contribution in [0, 0.1) is 25.2 Å². The molecule has 184 valence electrons. The number of hydrogen-bond acceptors (Lipinski definition) is 6. The number of piperidine rings is 1. The van der Waals surface area contributed by atoms with Crippen LogP contribution >= 0.6 is 11.8 Å². The highest BCUT2D eigenvalue weighted by Gasteiger charge is 2.25. The van der Waals surface area contributed by atoms with E-state index in [-0.39, 0.29) is 23.9 Å². The first-order valence-corrected chi connectivity index (χ1v) is 12.8. The van der Waals surface area contributed by atoms with E-state index < -0.39 is 0 Å². The Balaban J connectivity index is 1.30. The molecular weight excluding hydrogens is 472 g/mol. The molecule has 3 aromatic rings. The van der Waals surface area contributed by atoms with Crippen LogP contribution in [0.2, 0.25) is 0 Å². The van der Waals surface area contributed by atoms with Crippen molar-refractivity contribution in [3.8, 4) is 17.3 Å². The summed E-state index contributed by atoms with van der Waals surface area (Å²) in [6.07, 6.45) is 0.939. The molecule has 2 amide bonds. The quantitative estimate of drug-likeness (QED) is 0.351. The van der Waals surface area contributed by atoms with Gasteiger partial charge >= 0.3 is 12.0 Å². The number of aryl methyl sites for hydroxylation is 2. The second kappa shape index (κ2) is 11.7. The zero-order valence-corrected chi connectivity index (χ0v) is 21.2. The summed E-state index contributed by atoms with van der Waals surface area (Å²) >= 11 is 1.21. The second-order valence-corrected chi connectivity index (χ2v) is 9.71. The van der Waals surface area contributed by atoms with Crippen molar-refractivity contribution in [1.29, 1.82) is 5.26 Å². The van der Waals surface area contributed by atoms with E-state index in [1.807, 2.05) is 74.5 Å². The third kappa shape index (κ3) is 6.43. The van der Waals surface area contributed by atoms with Crippen molar-refractivity contribution in [3.63, 3.8) is 0 Å². The number of amides is 2. The minimum atomic E-state index is -0.352. The number of nitriles is 1. The Bertz CT molecular complexity index is 1260. The van der Waals surface area contributed by atoms with Gasteiger partial charge in [0.2, 0.25) is 0 Å². The first kappa shape index (κ1) is 25.3. The molecule has 4 rings (SSSR count). The molecule has 0 aliphatic carbocycles. The highest BCUT2D eigenvalue weighted by Crippen LogP contribution is 2.29.